The zero-order valence-electron chi connectivity index (χ0n) is 9.85. The molecule has 2 N–H and O–H groups in total. The first-order valence-corrected chi connectivity index (χ1v) is 5.05. The smallest absolute Gasteiger partial charge is 0.358 e. The minimum Gasteiger partial charge on any atom is -0.478 e. The summed E-state index contributed by atoms with van der Waals surface area (Å²) >= 11 is 0. The van der Waals surface area contributed by atoms with E-state index in [1.165, 1.54) is 20.0 Å². The van der Waals surface area contributed by atoms with Gasteiger partial charge in [0.05, 0.1) is 0 Å². The second-order valence-electron chi connectivity index (χ2n) is 3.48. The van der Waals surface area contributed by atoms with E-state index in [1.54, 1.807) is 13.0 Å². The van der Waals surface area contributed by atoms with Crippen molar-refractivity contribution in [2.24, 2.45) is 0 Å². The summed E-state index contributed by atoms with van der Waals surface area (Å²) in [4.78, 5) is 26.1. The molecule has 0 spiro atoms. The highest BCUT2D eigenvalue weighted by atomic mass is 16.5. The van der Waals surface area contributed by atoms with E-state index in [0.717, 1.165) is 0 Å². The summed E-state index contributed by atoms with van der Waals surface area (Å²) < 4.78 is 5.26. The maximum absolute atomic E-state index is 11.3. The minimum absolute atomic E-state index is 0.0826. The van der Waals surface area contributed by atoms with Crippen molar-refractivity contribution in [1.82, 2.24) is 10.3 Å². The number of amides is 1. The summed E-state index contributed by atoms with van der Waals surface area (Å²) in [6.45, 7) is 3.21. The molecule has 0 saturated heterocycles. The number of nitrogens with one attached hydrogen (secondary N) is 1. The molecule has 1 aromatic heterocycles. The van der Waals surface area contributed by atoms with Crippen molar-refractivity contribution >= 4 is 11.9 Å². The monoisotopic (exact) mass is 238 g/mol. The molecule has 0 aromatic carbocycles. The number of aromatic carboxylic acids is 1. The molecule has 17 heavy (non-hydrogen) atoms. The quantitative estimate of drug-likeness (QED) is 0.802. The minimum atomic E-state index is -1.19. The fourth-order valence-electron chi connectivity index (χ4n) is 1.24. The second kappa shape index (κ2) is 5.29. The van der Waals surface area contributed by atoms with Crippen LogP contribution in [-0.4, -0.2) is 35.1 Å². The number of rotatable bonds is 4. The molecule has 0 bridgehead atoms. The average molecular weight is 238 g/mol. The van der Waals surface area contributed by atoms with E-state index in [-0.39, 0.29) is 17.4 Å². The SMILES string of the molecule is CNC(=O)C(C)Oc1ccc(C)nc1C(=O)O. The van der Waals surface area contributed by atoms with Crippen LogP contribution in [0.15, 0.2) is 12.1 Å². The van der Waals surface area contributed by atoms with Crippen LogP contribution in [0.2, 0.25) is 0 Å². The molecule has 1 unspecified atom stereocenters. The first-order chi connectivity index (χ1) is 7.95. The van der Waals surface area contributed by atoms with Crippen LogP contribution in [0.4, 0.5) is 0 Å². The number of hydrogen-bond donors (Lipinski definition) is 2. The molecule has 0 aliphatic heterocycles. The molecular weight excluding hydrogens is 224 g/mol. The number of hydrogen-bond acceptors (Lipinski definition) is 4. The lowest BCUT2D eigenvalue weighted by Crippen LogP contribution is -2.34. The fraction of sp³-hybridized carbons (Fsp3) is 0.364. The number of nitrogens with zero attached hydrogens (tertiary/aromatic N) is 1. The van der Waals surface area contributed by atoms with E-state index in [9.17, 15) is 9.59 Å². The van der Waals surface area contributed by atoms with E-state index >= 15 is 0 Å². The largest absolute Gasteiger partial charge is 0.478 e. The van der Waals surface area contributed by atoms with Gasteiger partial charge in [-0.25, -0.2) is 9.78 Å². The highest BCUT2D eigenvalue weighted by Crippen LogP contribution is 2.18. The molecule has 1 heterocycles. The third-order valence-electron chi connectivity index (χ3n) is 2.12. The highest BCUT2D eigenvalue weighted by Gasteiger charge is 2.19. The van der Waals surface area contributed by atoms with Gasteiger partial charge in [-0.3, -0.25) is 4.79 Å². The van der Waals surface area contributed by atoms with Crippen LogP contribution >= 0.6 is 0 Å². The first-order valence-electron chi connectivity index (χ1n) is 5.05. The summed E-state index contributed by atoms with van der Waals surface area (Å²) in [6, 6.07) is 3.11. The highest BCUT2D eigenvalue weighted by molar-refractivity contribution is 5.89. The van der Waals surface area contributed by atoms with E-state index < -0.39 is 12.1 Å². The summed E-state index contributed by atoms with van der Waals surface area (Å²) in [5, 5.41) is 11.4. The van der Waals surface area contributed by atoms with Gasteiger partial charge in [-0.05, 0) is 26.0 Å². The zero-order chi connectivity index (χ0) is 13.0. The van der Waals surface area contributed by atoms with Crippen molar-refractivity contribution in [2.45, 2.75) is 20.0 Å². The van der Waals surface area contributed by atoms with Gasteiger partial charge in [0.1, 0.15) is 0 Å². The summed E-state index contributed by atoms with van der Waals surface area (Å²) in [5.74, 6) is -1.44. The number of carbonyl (C=O) groups excluding carboxylic acids is 1. The predicted molar refractivity (Wildman–Crippen MR) is 60.1 cm³/mol. The number of aryl methyl sites for hydroxylation is 1. The van der Waals surface area contributed by atoms with Crippen LogP contribution in [0.5, 0.6) is 5.75 Å². The number of aromatic nitrogens is 1. The normalized spacial score (nSPS) is 11.7. The van der Waals surface area contributed by atoms with E-state index in [0.29, 0.717) is 5.69 Å². The molecule has 1 amide bonds. The standard InChI is InChI=1S/C11H14N2O4/c1-6-4-5-8(9(13-6)11(15)16)17-7(2)10(14)12-3/h4-5,7H,1-3H3,(H,12,14)(H,15,16). The molecular formula is C11H14N2O4. The zero-order valence-corrected chi connectivity index (χ0v) is 9.85. The van der Waals surface area contributed by atoms with Gasteiger partial charge in [-0.1, -0.05) is 0 Å². The summed E-state index contributed by atoms with van der Waals surface area (Å²) in [7, 11) is 1.48. The van der Waals surface area contributed by atoms with Crippen molar-refractivity contribution in [3.05, 3.63) is 23.5 Å². The van der Waals surface area contributed by atoms with Gasteiger partial charge in [0.25, 0.3) is 5.91 Å². The Morgan fingerprint density at radius 1 is 1.47 bits per heavy atom. The lowest BCUT2D eigenvalue weighted by atomic mass is 10.2. The lowest BCUT2D eigenvalue weighted by molar-refractivity contribution is -0.126. The third-order valence-corrected chi connectivity index (χ3v) is 2.12. The van der Waals surface area contributed by atoms with Crippen molar-refractivity contribution in [1.29, 1.82) is 0 Å². The maximum atomic E-state index is 11.3. The van der Waals surface area contributed by atoms with Crippen LogP contribution in [-0.2, 0) is 4.79 Å². The van der Waals surface area contributed by atoms with E-state index in [2.05, 4.69) is 10.3 Å². The van der Waals surface area contributed by atoms with Gasteiger partial charge in [0.15, 0.2) is 17.5 Å². The Hall–Kier alpha value is -2.11. The number of likely N-dealkylation sites (N-methyl/N-ethyl adjacent to an activating group) is 1. The van der Waals surface area contributed by atoms with E-state index in [1.807, 2.05) is 0 Å². The van der Waals surface area contributed by atoms with Crippen LogP contribution in [0.1, 0.15) is 23.1 Å². The molecule has 92 valence electrons. The molecule has 0 radical (unpaired) electrons. The number of carboxylic acid groups (broad SMARTS) is 1. The topological polar surface area (TPSA) is 88.5 Å². The Morgan fingerprint density at radius 3 is 2.65 bits per heavy atom. The van der Waals surface area contributed by atoms with Crippen molar-refractivity contribution in [2.75, 3.05) is 7.05 Å². The molecule has 0 fully saturated rings. The summed E-state index contributed by atoms with van der Waals surface area (Å²) in [6.07, 6.45) is -0.775. The van der Waals surface area contributed by atoms with Gasteiger partial charge in [0.2, 0.25) is 0 Å². The number of pyridine rings is 1. The van der Waals surface area contributed by atoms with Gasteiger partial charge in [-0.15, -0.1) is 0 Å². The Bertz CT molecular complexity index is 445. The molecule has 0 aliphatic rings. The molecule has 1 aromatic rings. The molecule has 6 nitrogen and oxygen atoms in total. The number of ether oxygens (including phenoxy) is 1. The number of carboxylic acids is 1. The Balaban J connectivity index is 2.98. The van der Waals surface area contributed by atoms with E-state index in [4.69, 9.17) is 9.84 Å². The third kappa shape index (κ3) is 3.17. The molecule has 0 aliphatic carbocycles. The fourth-order valence-corrected chi connectivity index (χ4v) is 1.24. The van der Waals surface area contributed by atoms with Gasteiger partial charge in [0, 0.05) is 12.7 Å². The lowest BCUT2D eigenvalue weighted by Gasteiger charge is -2.14. The van der Waals surface area contributed by atoms with Crippen LogP contribution in [0.3, 0.4) is 0 Å². The molecule has 1 atom stereocenters. The van der Waals surface area contributed by atoms with Crippen LogP contribution < -0.4 is 10.1 Å². The first kappa shape index (κ1) is 13.0. The van der Waals surface area contributed by atoms with Gasteiger partial charge >= 0.3 is 5.97 Å². The molecule has 1 rings (SSSR count). The Morgan fingerprint density at radius 2 is 2.12 bits per heavy atom. The molecule has 6 heteroatoms. The van der Waals surface area contributed by atoms with Crippen LogP contribution in [0.25, 0.3) is 0 Å². The summed E-state index contributed by atoms with van der Waals surface area (Å²) in [5.41, 5.74) is 0.378. The van der Waals surface area contributed by atoms with Gasteiger partial charge < -0.3 is 15.2 Å². The average Bonchev–Trinajstić information content (AvgIpc) is 2.29. The van der Waals surface area contributed by atoms with Crippen molar-refractivity contribution in [3.8, 4) is 5.75 Å². The molecule has 0 saturated carbocycles. The van der Waals surface area contributed by atoms with Crippen LogP contribution in [0, 0.1) is 6.92 Å². The Kier molecular flexibility index (Phi) is 4.03. The van der Waals surface area contributed by atoms with Crippen molar-refractivity contribution in [3.63, 3.8) is 0 Å². The Labute approximate surface area is 98.6 Å². The second-order valence-corrected chi connectivity index (χ2v) is 3.48. The van der Waals surface area contributed by atoms with Crippen molar-refractivity contribution < 1.29 is 19.4 Å². The van der Waals surface area contributed by atoms with Gasteiger partial charge in [-0.2, -0.15) is 0 Å². The number of carbonyl (C=O) groups is 2. The maximum Gasteiger partial charge on any atom is 0.358 e. The predicted octanol–water partition coefficient (Wildman–Crippen LogP) is 0.602.